The Morgan fingerprint density at radius 3 is 2.50 bits per heavy atom. The van der Waals surface area contributed by atoms with Crippen LogP contribution in [0.5, 0.6) is 0 Å². The van der Waals surface area contributed by atoms with Crippen LogP contribution in [0.3, 0.4) is 0 Å². The van der Waals surface area contributed by atoms with Crippen LogP contribution in [0.25, 0.3) is 0 Å². The number of ether oxygens (including phenoxy) is 1. The molecule has 30 heavy (non-hydrogen) atoms. The topological polar surface area (TPSA) is 96.0 Å². The largest absolute Gasteiger partial charge is 0.466 e. The minimum Gasteiger partial charge on any atom is -0.466 e. The lowest BCUT2D eigenvalue weighted by atomic mass is 9.96. The van der Waals surface area contributed by atoms with E-state index in [1.54, 1.807) is 11.8 Å². The summed E-state index contributed by atoms with van der Waals surface area (Å²) in [6, 6.07) is 8.62. The Bertz CT molecular complexity index is 774. The molecule has 0 aromatic heterocycles. The van der Waals surface area contributed by atoms with Crippen LogP contribution >= 0.6 is 0 Å². The third-order valence-corrected chi connectivity index (χ3v) is 5.69. The number of urea groups is 1. The summed E-state index contributed by atoms with van der Waals surface area (Å²) in [5.74, 6) is -0.672. The maximum atomic E-state index is 12.6. The van der Waals surface area contributed by atoms with Crippen LogP contribution in [-0.2, 0) is 25.5 Å². The summed E-state index contributed by atoms with van der Waals surface area (Å²) in [7, 11) is 0. The number of imide groups is 1. The van der Waals surface area contributed by atoms with Crippen LogP contribution in [0.4, 0.5) is 4.79 Å². The molecule has 8 nitrogen and oxygen atoms in total. The molecule has 2 fully saturated rings. The van der Waals surface area contributed by atoms with Crippen LogP contribution < -0.4 is 5.32 Å². The van der Waals surface area contributed by atoms with Gasteiger partial charge in [-0.2, -0.15) is 0 Å². The van der Waals surface area contributed by atoms with E-state index >= 15 is 0 Å². The molecule has 8 heteroatoms. The molecule has 3 rings (SSSR count). The number of likely N-dealkylation sites (tertiary alicyclic amines) is 1. The molecular formula is C22H29N3O5. The van der Waals surface area contributed by atoms with Crippen molar-refractivity contribution in [2.24, 2.45) is 5.92 Å². The highest BCUT2D eigenvalue weighted by molar-refractivity contribution is 6.04. The van der Waals surface area contributed by atoms with Crippen molar-refractivity contribution in [2.45, 2.75) is 45.1 Å². The molecule has 2 saturated heterocycles. The first-order valence-corrected chi connectivity index (χ1v) is 10.6. The second kappa shape index (κ2) is 10.2. The fourth-order valence-electron chi connectivity index (χ4n) is 3.92. The number of hydrogen-bond donors (Lipinski definition) is 1. The maximum Gasteiger partial charge on any atom is 0.324 e. The van der Waals surface area contributed by atoms with Crippen LogP contribution in [-0.4, -0.2) is 65.9 Å². The van der Waals surface area contributed by atoms with Gasteiger partial charge in [-0.25, -0.2) is 4.79 Å². The predicted octanol–water partition coefficient (Wildman–Crippen LogP) is 1.73. The average molecular weight is 415 g/mol. The minimum atomic E-state index is -0.658. The van der Waals surface area contributed by atoms with Crippen LogP contribution in [0, 0.1) is 5.92 Å². The van der Waals surface area contributed by atoms with E-state index in [0.717, 1.165) is 5.56 Å². The van der Waals surface area contributed by atoms with Crippen LogP contribution in [0.15, 0.2) is 30.3 Å². The second-order valence-corrected chi connectivity index (χ2v) is 7.67. The molecule has 1 aromatic rings. The van der Waals surface area contributed by atoms with Crippen molar-refractivity contribution in [1.29, 1.82) is 0 Å². The Balaban J connectivity index is 1.42. The van der Waals surface area contributed by atoms with Gasteiger partial charge >= 0.3 is 12.0 Å². The van der Waals surface area contributed by atoms with Gasteiger partial charge < -0.3 is 15.0 Å². The van der Waals surface area contributed by atoms with Gasteiger partial charge in [0.25, 0.3) is 5.91 Å². The normalized spacial score (nSPS) is 19.7. The number of rotatable bonds is 8. The van der Waals surface area contributed by atoms with E-state index < -0.39 is 12.1 Å². The van der Waals surface area contributed by atoms with Crippen molar-refractivity contribution in [2.75, 3.05) is 26.2 Å². The summed E-state index contributed by atoms with van der Waals surface area (Å²) >= 11 is 0. The summed E-state index contributed by atoms with van der Waals surface area (Å²) < 4.78 is 5.05. The zero-order valence-electron chi connectivity index (χ0n) is 17.3. The lowest BCUT2D eigenvalue weighted by Gasteiger charge is -2.31. The Morgan fingerprint density at radius 2 is 1.83 bits per heavy atom. The lowest BCUT2D eigenvalue weighted by molar-refractivity contribution is -0.151. The first-order valence-electron chi connectivity index (χ1n) is 10.6. The maximum absolute atomic E-state index is 12.6. The third-order valence-electron chi connectivity index (χ3n) is 5.69. The molecule has 2 aliphatic rings. The first kappa shape index (κ1) is 21.8. The molecule has 4 amide bonds. The molecule has 0 saturated carbocycles. The van der Waals surface area contributed by atoms with E-state index in [2.05, 4.69) is 5.32 Å². The third kappa shape index (κ3) is 5.37. The molecule has 2 heterocycles. The fourth-order valence-corrected chi connectivity index (χ4v) is 3.92. The Morgan fingerprint density at radius 1 is 1.13 bits per heavy atom. The van der Waals surface area contributed by atoms with Crippen LogP contribution in [0.1, 0.15) is 38.2 Å². The zero-order chi connectivity index (χ0) is 21.5. The number of carbonyl (C=O) groups excluding carboxylic acids is 4. The molecule has 1 N–H and O–H groups in total. The SMILES string of the molecule is CCOC(=O)C1CCN(C(=O)CC[C@@H]2NC(=O)N(CCc3ccccc3)C2=O)CC1. The summed E-state index contributed by atoms with van der Waals surface area (Å²) in [5, 5.41) is 2.69. The van der Waals surface area contributed by atoms with Crippen molar-refractivity contribution in [3.8, 4) is 0 Å². The van der Waals surface area contributed by atoms with Gasteiger partial charge in [-0.15, -0.1) is 0 Å². The Kier molecular flexibility index (Phi) is 7.43. The minimum absolute atomic E-state index is 0.0536. The fraction of sp³-hybridized carbons (Fsp3) is 0.545. The smallest absolute Gasteiger partial charge is 0.324 e. The molecule has 1 aromatic carbocycles. The monoisotopic (exact) mass is 415 g/mol. The van der Waals surface area contributed by atoms with Crippen LogP contribution in [0.2, 0.25) is 0 Å². The van der Waals surface area contributed by atoms with E-state index in [0.29, 0.717) is 45.5 Å². The first-order chi connectivity index (χ1) is 14.5. The van der Waals surface area contributed by atoms with E-state index in [1.165, 1.54) is 4.90 Å². The van der Waals surface area contributed by atoms with Gasteiger partial charge in [0.1, 0.15) is 6.04 Å². The summed E-state index contributed by atoms with van der Waals surface area (Å²) in [6.45, 7) is 3.48. The molecule has 1 atom stereocenters. The molecular weight excluding hydrogens is 386 g/mol. The standard InChI is InChI=1S/C22H29N3O5/c1-2-30-21(28)17-11-13-24(14-12-17)19(26)9-8-18-20(27)25(22(29)23-18)15-10-16-6-4-3-5-7-16/h3-7,17-18H,2,8-15H2,1H3,(H,23,29)/t18-/m0/s1. The van der Waals surface area contributed by atoms with Crippen molar-refractivity contribution in [3.63, 3.8) is 0 Å². The quantitative estimate of drug-likeness (QED) is 0.515. The predicted molar refractivity (Wildman–Crippen MR) is 109 cm³/mol. The van der Waals surface area contributed by atoms with E-state index in [9.17, 15) is 19.2 Å². The number of amides is 4. The number of esters is 1. The highest BCUT2D eigenvalue weighted by atomic mass is 16.5. The highest BCUT2D eigenvalue weighted by Crippen LogP contribution is 2.20. The number of benzene rings is 1. The van der Waals surface area contributed by atoms with E-state index in [1.807, 2.05) is 30.3 Å². The molecule has 162 valence electrons. The molecule has 0 spiro atoms. The number of nitrogens with one attached hydrogen (secondary N) is 1. The molecule has 0 radical (unpaired) electrons. The zero-order valence-corrected chi connectivity index (χ0v) is 17.3. The van der Waals surface area contributed by atoms with Gasteiger partial charge in [-0.1, -0.05) is 30.3 Å². The Labute approximate surface area is 176 Å². The number of carbonyl (C=O) groups is 4. The van der Waals surface area contributed by atoms with Gasteiger partial charge in [0.2, 0.25) is 5.91 Å². The highest BCUT2D eigenvalue weighted by Gasteiger charge is 2.38. The second-order valence-electron chi connectivity index (χ2n) is 7.67. The summed E-state index contributed by atoms with van der Waals surface area (Å²) in [5.41, 5.74) is 1.06. The molecule has 0 aliphatic carbocycles. The van der Waals surface area contributed by atoms with E-state index in [-0.39, 0.29) is 36.5 Å². The molecule has 0 bridgehead atoms. The number of nitrogens with zero attached hydrogens (tertiary/aromatic N) is 2. The van der Waals surface area contributed by atoms with Gasteiger partial charge in [0.05, 0.1) is 12.5 Å². The average Bonchev–Trinajstić information content (AvgIpc) is 3.04. The number of hydrogen-bond acceptors (Lipinski definition) is 5. The van der Waals surface area contributed by atoms with Crippen molar-refractivity contribution < 1.29 is 23.9 Å². The molecule has 0 unspecified atom stereocenters. The lowest BCUT2D eigenvalue weighted by Crippen LogP contribution is -2.41. The van der Waals surface area contributed by atoms with Gasteiger partial charge in [-0.3, -0.25) is 19.3 Å². The Hall–Kier alpha value is -2.90. The van der Waals surface area contributed by atoms with Gasteiger partial charge in [0, 0.05) is 26.1 Å². The van der Waals surface area contributed by atoms with Crippen molar-refractivity contribution in [3.05, 3.63) is 35.9 Å². The van der Waals surface area contributed by atoms with Gasteiger partial charge in [-0.05, 0) is 38.2 Å². The van der Waals surface area contributed by atoms with Crippen molar-refractivity contribution >= 4 is 23.8 Å². The van der Waals surface area contributed by atoms with E-state index in [4.69, 9.17) is 4.74 Å². The van der Waals surface area contributed by atoms with Gasteiger partial charge in [0.15, 0.2) is 0 Å². The molecule has 2 aliphatic heterocycles. The summed E-state index contributed by atoms with van der Waals surface area (Å²) in [6.07, 6.45) is 2.26. The van der Waals surface area contributed by atoms with Crippen molar-refractivity contribution in [1.82, 2.24) is 15.1 Å². The summed E-state index contributed by atoms with van der Waals surface area (Å²) in [4.78, 5) is 52.0. The number of piperidine rings is 1.